The number of nitrogens with one attached hydrogen (secondary N) is 1. The molecule has 3 atom stereocenters. The molecule has 322 valence electrons. The minimum absolute atomic E-state index is 0.216. The molecule has 0 unspecified atom stereocenters. The van der Waals surface area contributed by atoms with E-state index in [1.807, 2.05) is 18.2 Å². The number of rotatable bonds is 6. The predicted octanol–water partition coefficient (Wildman–Crippen LogP) is 6.28. The standard InChI is InChI=1S/C50H54N4O8/c55-37-11-13-39-35(26-37)8-12-38(33-4-2-1-3-5-33)45(39)34-6-9-36(10-7-34)53-24-20-50(21-25-53)60-29-32(30-61-50)27-52-22-18-49(19-23-52)31-59-46-41-28-54(42-15-17-44(56)51-47(42)57)48(58)40(41)14-16-43(46)62-49/h1-7,9-11,13-14,16,26,32,38,42,45,55H,8,12,15,17-25,27-31H2,(H,51,56,57)/t38-,42+,45+/m1/s1. The van der Waals surface area contributed by atoms with E-state index < -0.39 is 23.3 Å². The van der Waals surface area contributed by atoms with Crippen molar-refractivity contribution in [3.63, 3.8) is 0 Å². The van der Waals surface area contributed by atoms with Crippen LogP contribution in [0.4, 0.5) is 5.69 Å². The highest BCUT2D eigenvalue weighted by atomic mass is 16.7. The third-order valence-electron chi connectivity index (χ3n) is 14.8. The molecule has 62 heavy (non-hydrogen) atoms. The fourth-order valence-corrected chi connectivity index (χ4v) is 11.4. The second-order valence-corrected chi connectivity index (χ2v) is 18.6. The molecule has 6 aliphatic heterocycles. The van der Waals surface area contributed by atoms with Crippen molar-refractivity contribution in [2.24, 2.45) is 5.92 Å². The zero-order valence-corrected chi connectivity index (χ0v) is 35.1. The molecule has 0 saturated carbocycles. The van der Waals surface area contributed by atoms with Gasteiger partial charge in [-0.1, -0.05) is 48.5 Å². The molecule has 0 radical (unpaired) electrons. The lowest BCUT2D eigenvalue weighted by molar-refractivity contribution is -0.292. The Hall–Kier alpha value is -5.43. The molecule has 12 nitrogen and oxygen atoms in total. The molecular formula is C50H54N4O8. The number of fused-ring (bicyclic) bond motifs is 4. The van der Waals surface area contributed by atoms with Crippen molar-refractivity contribution in [3.05, 3.63) is 118 Å². The Morgan fingerprint density at radius 1 is 0.790 bits per heavy atom. The monoisotopic (exact) mass is 838 g/mol. The molecule has 2 N–H and O–H groups in total. The van der Waals surface area contributed by atoms with Gasteiger partial charge in [-0.2, -0.15) is 0 Å². The summed E-state index contributed by atoms with van der Waals surface area (Å²) in [4.78, 5) is 44.1. The van der Waals surface area contributed by atoms with E-state index in [0.717, 1.165) is 76.8 Å². The van der Waals surface area contributed by atoms with E-state index in [9.17, 15) is 19.5 Å². The number of phenolic OH excluding ortho intramolecular Hbond substituents is 1. The summed E-state index contributed by atoms with van der Waals surface area (Å²) < 4.78 is 26.3. The molecule has 11 rings (SSSR count). The first-order valence-corrected chi connectivity index (χ1v) is 22.6. The molecule has 7 aliphatic rings. The second-order valence-electron chi connectivity index (χ2n) is 18.6. The molecule has 4 aromatic carbocycles. The van der Waals surface area contributed by atoms with Crippen LogP contribution < -0.4 is 19.7 Å². The average molecular weight is 839 g/mol. The van der Waals surface area contributed by atoms with E-state index in [0.29, 0.717) is 60.9 Å². The van der Waals surface area contributed by atoms with Gasteiger partial charge in [0, 0.05) is 93.5 Å². The largest absolute Gasteiger partial charge is 0.508 e. The van der Waals surface area contributed by atoms with Crippen LogP contribution in [0.25, 0.3) is 0 Å². The number of ether oxygens (including phenoxy) is 4. The topological polar surface area (TPSA) is 130 Å². The summed E-state index contributed by atoms with van der Waals surface area (Å²) in [6.07, 6.45) is 5.85. The van der Waals surface area contributed by atoms with Gasteiger partial charge in [-0.05, 0) is 83.8 Å². The zero-order chi connectivity index (χ0) is 42.0. The molecule has 0 aromatic heterocycles. The highest BCUT2D eigenvalue weighted by Gasteiger charge is 2.47. The molecule has 12 heteroatoms. The quantitative estimate of drug-likeness (QED) is 0.214. The normalized spacial score (nSPS) is 25.7. The first kappa shape index (κ1) is 39.4. The van der Waals surface area contributed by atoms with E-state index in [1.165, 1.54) is 27.9 Å². The van der Waals surface area contributed by atoms with Crippen molar-refractivity contribution in [1.82, 2.24) is 15.1 Å². The Kier molecular flexibility index (Phi) is 10.0. The summed E-state index contributed by atoms with van der Waals surface area (Å²) in [7, 11) is 0. The Morgan fingerprint density at radius 3 is 2.32 bits per heavy atom. The van der Waals surface area contributed by atoms with Gasteiger partial charge >= 0.3 is 0 Å². The first-order chi connectivity index (χ1) is 30.2. The molecule has 2 spiro atoms. The van der Waals surface area contributed by atoms with Crippen LogP contribution in [0.2, 0.25) is 0 Å². The number of imide groups is 1. The van der Waals surface area contributed by atoms with Crippen LogP contribution in [0.15, 0.2) is 84.9 Å². The van der Waals surface area contributed by atoms with Crippen LogP contribution in [0.5, 0.6) is 17.2 Å². The Morgan fingerprint density at radius 2 is 1.56 bits per heavy atom. The third kappa shape index (κ3) is 7.19. The van der Waals surface area contributed by atoms with E-state index in [4.69, 9.17) is 18.9 Å². The summed E-state index contributed by atoms with van der Waals surface area (Å²) in [5.41, 5.74) is 7.31. The van der Waals surface area contributed by atoms with Crippen LogP contribution in [0, 0.1) is 5.92 Å². The molecule has 6 heterocycles. The van der Waals surface area contributed by atoms with Crippen molar-refractivity contribution in [1.29, 1.82) is 0 Å². The summed E-state index contributed by atoms with van der Waals surface area (Å²) >= 11 is 0. The number of carbonyl (C=O) groups excluding carboxylic acids is 3. The van der Waals surface area contributed by atoms with Gasteiger partial charge in [0.2, 0.25) is 11.8 Å². The van der Waals surface area contributed by atoms with E-state index in [1.54, 1.807) is 11.0 Å². The summed E-state index contributed by atoms with van der Waals surface area (Å²) in [6.45, 7) is 6.45. The van der Waals surface area contributed by atoms with Crippen LogP contribution in [-0.2, 0) is 32.0 Å². The van der Waals surface area contributed by atoms with Gasteiger partial charge in [-0.25, -0.2) is 0 Å². The molecule has 3 amide bonds. The highest BCUT2D eigenvalue weighted by molar-refractivity contribution is 6.05. The van der Waals surface area contributed by atoms with Crippen molar-refractivity contribution < 1.29 is 38.4 Å². The predicted molar refractivity (Wildman–Crippen MR) is 230 cm³/mol. The van der Waals surface area contributed by atoms with Gasteiger partial charge in [0.05, 0.1) is 19.8 Å². The number of aromatic hydroxyl groups is 1. The van der Waals surface area contributed by atoms with Crippen molar-refractivity contribution in [2.75, 3.05) is 57.4 Å². The van der Waals surface area contributed by atoms with Crippen LogP contribution in [0.3, 0.4) is 0 Å². The van der Waals surface area contributed by atoms with Crippen molar-refractivity contribution in [3.8, 4) is 17.2 Å². The van der Waals surface area contributed by atoms with Gasteiger partial charge in [-0.15, -0.1) is 0 Å². The summed E-state index contributed by atoms with van der Waals surface area (Å²) in [5.74, 6) is 1.02. The average Bonchev–Trinajstić information content (AvgIpc) is 3.63. The van der Waals surface area contributed by atoms with Crippen molar-refractivity contribution >= 4 is 23.4 Å². The third-order valence-corrected chi connectivity index (χ3v) is 14.8. The zero-order valence-electron chi connectivity index (χ0n) is 35.1. The number of benzene rings is 4. The van der Waals surface area contributed by atoms with Gasteiger partial charge in [0.1, 0.15) is 24.0 Å². The molecule has 0 bridgehead atoms. The molecule has 1 aliphatic carbocycles. The fourth-order valence-electron chi connectivity index (χ4n) is 11.4. The highest BCUT2D eigenvalue weighted by Crippen LogP contribution is 2.48. The number of likely N-dealkylation sites (tertiary alicyclic amines) is 1. The summed E-state index contributed by atoms with van der Waals surface area (Å²) in [6, 6.07) is 28.9. The number of nitrogens with zero attached hydrogens (tertiary/aromatic N) is 3. The number of hydrogen-bond donors (Lipinski definition) is 2. The van der Waals surface area contributed by atoms with Gasteiger partial charge < -0.3 is 38.8 Å². The number of phenols is 1. The lowest BCUT2D eigenvalue weighted by Gasteiger charge is -2.47. The molecular weight excluding hydrogens is 785 g/mol. The number of aryl methyl sites for hydroxylation is 1. The Labute approximate surface area is 362 Å². The van der Waals surface area contributed by atoms with Crippen LogP contribution in [0.1, 0.15) is 95.0 Å². The number of piperidine rings is 3. The van der Waals surface area contributed by atoms with E-state index in [-0.39, 0.29) is 30.7 Å². The number of carbonyl (C=O) groups is 3. The maximum Gasteiger partial charge on any atom is 0.255 e. The first-order valence-electron chi connectivity index (χ1n) is 22.6. The van der Waals surface area contributed by atoms with Crippen LogP contribution in [-0.4, -0.2) is 103 Å². The molecule has 4 fully saturated rings. The maximum absolute atomic E-state index is 13.3. The SMILES string of the molecule is O=C1CC[C@H](N2Cc3c(ccc4c3OCC3(CCN(CC5COC6(CCN(c7ccc([C@@H]8c9ccc(O)cc9CC[C@@H]8c8ccccc8)cc7)CC6)OC5)CC3)O4)C2=O)C(=O)N1. The van der Waals surface area contributed by atoms with Crippen molar-refractivity contribution in [2.45, 2.75) is 87.2 Å². The molecule has 4 saturated heterocycles. The van der Waals surface area contributed by atoms with Crippen LogP contribution >= 0.6 is 0 Å². The Bertz CT molecular complexity index is 2360. The van der Waals surface area contributed by atoms with Gasteiger partial charge in [-0.3, -0.25) is 19.7 Å². The second kappa shape index (κ2) is 15.7. The lowest BCUT2D eigenvalue weighted by Crippen LogP contribution is -2.56. The van der Waals surface area contributed by atoms with Gasteiger partial charge in [0.25, 0.3) is 5.91 Å². The maximum atomic E-state index is 13.3. The number of amides is 3. The number of hydrogen-bond acceptors (Lipinski definition) is 10. The van der Waals surface area contributed by atoms with E-state index in [2.05, 4.69) is 75.8 Å². The minimum atomic E-state index is -0.670. The minimum Gasteiger partial charge on any atom is -0.508 e. The Balaban J connectivity index is 0.663. The van der Waals surface area contributed by atoms with E-state index >= 15 is 0 Å². The smallest absolute Gasteiger partial charge is 0.255 e. The summed E-state index contributed by atoms with van der Waals surface area (Å²) in [5, 5.41) is 12.6. The lowest BCUT2D eigenvalue weighted by atomic mass is 9.69. The number of anilines is 1. The van der Waals surface area contributed by atoms with Gasteiger partial charge in [0.15, 0.2) is 17.3 Å². The fraction of sp³-hybridized carbons (Fsp3) is 0.460. The molecule has 4 aromatic rings.